The summed E-state index contributed by atoms with van der Waals surface area (Å²) in [5.74, 6) is 5.03. The summed E-state index contributed by atoms with van der Waals surface area (Å²) in [5, 5.41) is 0. The summed E-state index contributed by atoms with van der Waals surface area (Å²) in [6, 6.07) is 9.31. The van der Waals surface area contributed by atoms with E-state index >= 15 is 0 Å². The fraction of sp³-hybridized carbons (Fsp3) is 0.697. The smallest absolute Gasteiger partial charge is 0.213 e. The molecule has 1 aromatic carbocycles. The maximum Gasteiger partial charge on any atom is 0.213 e. The average Bonchev–Trinajstić information content (AvgIpc) is 3.63. The van der Waals surface area contributed by atoms with Gasteiger partial charge in [0.1, 0.15) is 5.78 Å². The van der Waals surface area contributed by atoms with Crippen LogP contribution in [0.25, 0.3) is 0 Å². The lowest BCUT2D eigenvalue weighted by molar-refractivity contribution is -0.159. The first-order chi connectivity index (χ1) is 19.8. The number of epoxide rings is 1. The molecule has 10 heteroatoms. The highest BCUT2D eigenvalue weighted by molar-refractivity contribution is 6.70. The summed E-state index contributed by atoms with van der Waals surface area (Å²) in [6.07, 6.45) is 0.208. The quantitative estimate of drug-likeness (QED) is 0.0995. The summed E-state index contributed by atoms with van der Waals surface area (Å²) in [5.41, 5.74) is 0.749. The number of carbonyl (C=O) groups excluding carboxylic acids is 2. The maximum atomic E-state index is 13.1. The van der Waals surface area contributed by atoms with E-state index in [4.69, 9.17) is 22.8 Å². The minimum atomic E-state index is -2.02. The van der Waals surface area contributed by atoms with Crippen molar-refractivity contribution in [2.45, 2.75) is 129 Å². The van der Waals surface area contributed by atoms with Crippen molar-refractivity contribution in [1.29, 1.82) is 0 Å². The van der Waals surface area contributed by atoms with Crippen molar-refractivity contribution in [2.24, 2.45) is 11.8 Å². The predicted molar refractivity (Wildman–Crippen MR) is 179 cm³/mol. The Labute approximate surface area is 263 Å². The molecular weight excluding hydrogens is 593 g/mol. The number of hydrogen-bond donors (Lipinski definition) is 0. The highest BCUT2D eigenvalue weighted by atomic mass is 28.4. The highest BCUT2D eigenvalue weighted by Gasteiger charge is 2.51. The Morgan fingerprint density at radius 1 is 0.884 bits per heavy atom. The summed E-state index contributed by atoms with van der Waals surface area (Å²) >= 11 is 0. The van der Waals surface area contributed by atoms with Gasteiger partial charge in [0.15, 0.2) is 25.0 Å². The van der Waals surface area contributed by atoms with Crippen LogP contribution < -0.4 is 0 Å². The van der Waals surface area contributed by atoms with Gasteiger partial charge in [-0.05, 0) is 83.9 Å². The van der Waals surface area contributed by atoms with Gasteiger partial charge in [0.05, 0.1) is 43.5 Å². The lowest BCUT2D eigenvalue weighted by Crippen LogP contribution is -2.58. The third kappa shape index (κ3) is 12.5. The second-order valence-corrected chi connectivity index (χ2v) is 28.5. The molecule has 0 amide bonds. The number of carbonyl (C=O) groups is 2. The third-order valence-electron chi connectivity index (χ3n) is 7.51. The summed E-state index contributed by atoms with van der Waals surface area (Å²) in [6.45, 7) is 24.3. The van der Waals surface area contributed by atoms with Crippen molar-refractivity contribution in [1.82, 2.24) is 0 Å². The normalized spacial score (nSPS) is 27.5. The Hall–Kier alpha value is -1.43. The lowest BCUT2D eigenvalue weighted by Gasteiger charge is -2.47. The van der Waals surface area contributed by atoms with E-state index in [-0.39, 0.29) is 72.9 Å². The predicted octanol–water partition coefficient (Wildman–Crippen LogP) is 6.45. The molecule has 43 heavy (non-hydrogen) atoms. The first-order valence-electron chi connectivity index (χ1n) is 15.7. The van der Waals surface area contributed by atoms with Gasteiger partial charge >= 0.3 is 0 Å². The minimum Gasteiger partial charge on any atom is -0.415 e. The Kier molecular flexibility index (Phi) is 12.4. The molecule has 0 spiro atoms. The van der Waals surface area contributed by atoms with E-state index in [1.54, 1.807) is 0 Å². The zero-order valence-corrected chi connectivity index (χ0v) is 31.2. The van der Waals surface area contributed by atoms with E-state index < -0.39 is 25.0 Å². The molecule has 0 bridgehead atoms. The van der Waals surface area contributed by atoms with Crippen molar-refractivity contribution in [3.05, 3.63) is 35.9 Å². The van der Waals surface area contributed by atoms with Crippen LogP contribution in [-0.4, -0.2) is 79.7 Å². The lowest BCUT2D eigenvalue weighted by atomic mass is 9.86. The van der Waals surface area contributed by atoms with Crippen molar-refractivity contribution in [2.75, 3.05) is 6.61 Å². The first kappa shape index (κ1) is 36.0. The highest BCUT2D eigenvalue weighted by Crippen LogP contribution is 2.40. The van der Waals surface area contributed by atoms with Crippen LogP contribution in [0.5, 0.6) is 0 Å². The number of hydrogen-bond acceptors (Lipinski definition) is 7. The molecule has 0 aromatic heterocycles. The molecule has 2 aliphatic rings. The van der Waals surface area contributed by atoms with Gasteiger partial charge in [0, 0.05) is 36.3 Å². The Morgan fingerprint density at radius 3 is 2.07 bits per heavy atom. The monoisotopic (exact) mass is 646 g/mol. The molecule has 0 radical (unpaired) electrons. The minimum absolute atomic E-state index is 0.0759. The van der Waals surface area contributed by atoms with Crippen molar-refractivity contribution in [3.63, 3.8) is 0 Å². The summed E-state index contributed by atoms with van der Waals surface area (Å²) < 4.78 is 32.6. The van der Waals surface area contributed by atoms with E-state index in [9.17, 15) is 9.59 Å². The van der Waals surface area contributed by atoms with Crippen LogP contribution in [0.2, 0.25) is 58.9 Å². The number of benzene rings is 1. The average molecular weight is 647 g/mol. The molecule has 8 atom stereocenters. The molecule has 0 aliphatic carbocycles. The molecular formula is C33H54O7Si3. The Morgan fingerprint density at radius 2 is 1.49 bits per heavy atom. The van der Waals surface area contributed by atoms with Gasteiger partial charge in [0.25, 0.3) is 0 Å². The Balaban J connectivity index is 1.72. The molecule has 7 nitrogen and oxygen atoms in total. The fourth-order valence-electron chi connectivity index (χ4n) is 5.64. The maximum absolute atomic E-state index is 13.1. The molecule has 0 N–H and O–H groups in total. The van der Waals surface area contributed by atoms with Crippen LogP contribution in [-0.2, 0) is 32.3 Å². The van der Waals surface area contributed by atoms with E-state index in [1.807, 2.05) is 30.3 Å². The molecule has 2 saturated heterocycles. The van der Waals surface area contributed by atoms with Crippen molar-refractivity contribution >= 4 is 36.5 Å². The van der Waals surface area contributed by atoms with Gasteiger partial charge in [0.2, 0.25) is 5.78 Å². The summed E-state index contributed by atoms with van der Waals surface area (Å²) in [7, 11) is -5.69. The largest absolute Gasteiger partial charge is 0.415 e. The molecule has 2 fully saturated rings. The van der Waals surface area contributed by atoms with Crippen LogP contribution in [0.15, 0.2) is 30.3 Å². The number of ketones is 2. The van der Waals surface area contributed by atoms with Crippen LogP contribution in [0.3, 0.4) is 0 Å². The van der Waals surface area contributed by atoms with Gasteiger partial charge in [-0.15, -0.1) is 0 Å². The molecule has 3 rings (SSSR count). The van der Waals surface area contributed by atoms with Gasteiger partial charge in [-0.3, -0.25) is 9.59 Å². The second kappa shape index (κ2) is 14.8. The molecule has 2 heterocycles. The van der Waals surface area contributed by atoms with Crippen LogP contribution in [0.1, 0.15) is 38.7 Å². The van der Waals surface area contributed by atoms with Crippen LogP contribution in [0.4, 0.5) is 0 Å². The zero-order valence-electron chi connectivity index (χ0n) is 28.2. The third-order valence-corrected chi connectivity index (χ3v) is 10.5. The topological polar surface area (TPSA) is 83.6 Å². The SMILES string of the molecule is C[C@@H]([C@@H]1O[C@H]1C[C@@H]1OC[C@H](CC(=O)CC(=O)C#Cc2ccccc2)[C@@H](O[Si](C)(C)C)[C@@H]1O[Si](C)(C)C)[C@H](C)O[Si](C)(C)C. The molecule has 1 aromatic rings. The molecule has 2 aliphatic heterocycles. The second-order valence-electron chi connectivity index (χ2n) is 15.1. The number of Topliss-reactive ketones (excluding diaryl/α,β-unsaturated/α-hetero) is 2. The standard InChI is InChI=1S/C33H54O7Si3/c1-23(24(2)38-41(3,4)5)31-30(37-31)21-29-33(40-43(9,10)11)32(39-42(6,7)8)26(22-36-29)19-28(35)20-27(34)18-17-25-15-13-12-14-16-25/h12-16,23-24,26,29-33H,19-22H2,1-11H3/t23-,24+,26+,29+,30+,31+,32-,33-/m1/s1. The van der Waals surface area contributed by atoms with E-state index in [0.29, 0.717) is 13.0 Å². The van der Waals surface area contributed by atoms with Gasteiger partial charge < -0.3 is 22.8 Å². The molecule has 0 unspecified atom stereocenters. The van der Waals surface area contributed by atoms with Gasteiger partial charge in [-0.25, -0.2) is 0 Å². The van der Waals surface area contributed by atoms with E-state index in [0.717, 1.165) is 5.56 Å². The van der Waals surface area contributed by atoms with E-state index in [2.05, 4.69) is 84.6 Å². The zero-order chi connectivity index (χ0) is 32.2. The fourth-order valence-corrected chi connectivity index (χ4v) is 9.21. The van der Waals surface area contributed by atoms with E-state index in [1.165, 1.54) is 0 Å². The van der Waals surface area contributed by atoms with Crippen LogP contribution >= 0.6 is 0 Å². The number of ether oxygens (including phenoxy) is 2. The Bertz CT molecular complexity index is 1140. The molecule has 0 saturated carbocycles. The number of rotatable bonds is 14. The van der Waals surface area contributed by atoms with Crippen LogP contribution in [0, 0.1) is 23.7 Å². The van der Waals surface area contributed by atoms with Crippen molar-refractivity contribution in [3.8, 4) is 11.8 Å². The van der Waals surface area contributed by atoms with Crippen molar-refractivity contribution < 1.29 is 32.3 Å². The van der Waals surface area contributed by atoms with Gasteiger partial charge in [-0.1, -0.05) is 31.0 Å². The van der Waals surface area contributed by atoms with Gasteiger partial charge in [-0.2, -0.15) is 0 Å². The summed E-state index contributed by atoms with van der Waals surface area (Å²) in [4.78, 5) is 25.7. The first-order valence-corrected chi connectivity index (χ1v) is 26.0. The molecule has 240 valence electrons.